The maximum Gasteiger partial charge on any atom is 0.208 e. The molecule has 2 aliphatic rings. The molecule has 3 aromatic carbocycles. The molecule has 4 heteroatoms. The Morgan fingerprint density at radius 3 is 1.88 bits per heavy atom. The van der Waals surface area contributed by atoms with Gasteiger partial charge in [0.15, 0.2) is 11.8 Å². The first-order chi connectivity index (χ1) is 24.0. The molecule has 0 fully saturated rings. The standard InChI is InChI=1S/C46H56N2O2/c1-9-11-13-15-35(7)47(41-27-17-31(3)29-33(41)5)39-23-19-37(20-24-39)43-45(49)44(46(43)50)38-21-25-40(26-22-38)48(36(8)16-14-12-10-2)42-28-18-32(4)30-34(42)6/h17-30,35-36H,9-16H2,1-8H3. The fourth-order valence-electron chi connectivity index (χ4n) is 7.55. The van der Waals surface area contributed by atoms with E-state index in [1.807, 2.05) is 24.3 Å². The van der Waals surface area contributed by atoms with E-state index in [0.717, 1.165) is 24.2 Å². The molecule has 262 valence electrons. The topological polar surface area (TPSA) is 46.4 Å². The van der Waals surface area contributed by atoms with Gasteiger partial charge in [0.25, 0.3) is 0 Å². The van der Waals surface area contributed by atoms with E-state index in [1.54, 1.807) is 0 Å². The van der Waals surface area contributed by atoms with Crippen molar-refractivity contribution in [2.75, 3.05) is 4.90 Å². The third-order valence-electron chi connectivity index (χ3n) is 10.3. The van der Waals surface area contributed by atoms with Gasteiger partial charge in [-0.2, -0.15) is 4.58 Å². The maximum absolute atomic E-state index is 13.6. The second-order valence-electron chi connectivity index (χ2n) is 14.5. The lowest BCUT2D eigenvalue weighted by Crippen LogP contribution is -2.31. The summed E-state index contributed by atoms with van der Waals surface area (Å²) in [6.07, 6.45) is 17.4. The van der Waals surface area contributed by atoms with Gasteiger partial charge in [-0.05, 0) is 108 Å². The molecule has 0 N–H and O–H groups in total. The summed E-state index contributed by atoms with van der Waals surface area (Å²) in [5.74, 6) is -0.345. The van der Waals surface area contributed by atoms with E-state index in [9.17, 15) is 9.90 Å². The molecule has 50 heavy (non-hydrogen) atoms. The van der Waals surface area contributed by atoms with E-state index in [-0.39, 0.29) is 22.7 Å². The molecule has 0 saturated carbocycles. The van der Waals surface area contributed by atoms with E-state index in [0.29, 0.717) is 23.2 Å². The van der Waals surface area contributed by atoms with Crippen molar-refractivity contribution >= 4 is 34.1 Å². The van der Waals surface area contributed by atoms with E-state index >= 15 is 0 Å². The SMILES string of the molecule is CCCCCC(C)N(c1ccc(C2=C([O-])C(=C3C=CC(=[N+](c4ccc(C)cc4C)C(C)CCCCC)C=C3)C2=O)cc1)c1ccc(C)cc1C. The summed E-state index contributed by atoms with van der Waals surface area (Å²) >= 11 is 0. The molecule has 3 aromatic rings. The van der Waals surface area contributed by atoms with Crippen LogP contribution in [0.4, 0.5) is 17.1 Å². The second kappa shape index (κ2) is 16.5. The average molecular weight is 669 g/mol. The number of Topliss-reactive ketones (excluding diaryl/α,β-unsaturated/α-hetero) is 1. The number of hydrogen-bond donors (Lipinski definition) is 0. The molecular weight excluding hydrogens is 613 g/mol. The highest BCUT2D eigenvalue weighted by atomic mass is 16.3. The van der Waals surface area contributed by atoms with E-state index in [1.165, 1.54) is 72.2 Å². The summed E-state index contributed by atoms with van der Waals surface area (Å²) in [6.45, 7) is 17.6. The lowest BCUT2D eigenvalue weighted by Gasteiger charge is -2.34. The second-order valence-corrected chi connectivity index (χ2v) is 14.5. The molecule has 0 aromatic heterocycles. The molecule has 0 bridgehead atoms. The first-order valence-electron chi connectivity index (χ1n) is 18.8. The predicted octanol–water partition coefficient (Wildman–Crippen LogP) is 10.9. The molecule has 2 atom stereocenters. The first-order valence-corrected chi connectivity index (χ1v) is 18.8. The van der Waals surface area contributed by atoms with Crippen molar-refractivity contribution in [3.63, 3.8) is 0 Å². The lowest BCUT2D eigenvalue weighted by atomic mass is 9.80. The van der Waals surface area contributed by atoms with Crippen molar-refractivity contribution < 1.29 is 14.5 Å². The molecule has 0 amide bonds. The van der Waals surface area contributed by atoms with Gasteiger partial charge in [-0.15, -0.1) is 0 Å². The maximum atomic E-state index is 13.6. The first kappa shape index (κ1) is 36.8. The monoisotopic (exact) mass is 668 g/mol. The van der Waals surface area contributed by atoms with Crippen LogP contribution in [-0.4, -0.2) is 28.2 Å². The lowest BCUT2D eigenvalue weighted by molar-refractivity contribution is -0.480. The number of anilines is 2. The Hall–Kier alpha value is -4.44. The van der Waals surface area contributed by atoms with Crippen LogP contribution in [0.25, 0.3) is 5.57 Å². The predicted molar refractivity (Wildman–Crippen MR) is 210 cm³/mol. The van der Waals surface area contributed by atoms with Crippen molar-refractivity contribution in [2.24, 2.45) is 0 Å². The van der Waals surface area contributed by atoms with Crippen molar-refractivity contribution in [3.05, 3.63) is 130 Å². The third-order valence-corrected chi connectivity index (χ3v) is 10.3. The average Bonchev–Trinajstić information content (AvgIpc) is 3.09. The molecule has 5 rings (SSSR count). The Balaban J connectivity index is 1.43. The summed E-state index contributed by atoms with van der Waals surface area (Å²) < 4.78 is 2.41. The molecule has 0 aliphatic heterocycles. The quantitative estimate of drug-likeness (QED) is 0.0976. The van der Waals surface area contributed by atoms with Crippen LogP contribution < -0.4 is 10.0 Å². The Labute approximate surface area is 301 Å². The van der Waals surface area contributed by atoms with Gasteiger partial charge in [0.1, 0.15) is 0 Å². The van der Waals surface area contributed by atoms with Crippen molar-refractivity contribution in [1.29, 1.82) is 0 Å². The van der Waals surface area contributed by atoms with E-state index < -0.39 is 0 Å². The van der Waals surface area contributed by atoms with Crippen molar-refractivity contribution in [2.45, 2.75) is 119 Å². The molecule has 2 unspecified atom stereocenters. The van der Waals surface area contributed by atoms with Crippen molar-refractivity contribution in [1.82, 2.24) is 0 Å². The minimum absolute atomic E-state index is 0.172. The summed E-state index contributed by atoms with van der Waals surface area (Å²) in [5.41, 5.74) is 11.4. The molecule has 4 nitrogen and oxygen atoms in total. The van der Waals surface area contributed by atoms with Gasteiger partial charge in [-0.1, -0.05) is 93.2 Å². The summed E-state index contributed by atoms with van der Waals surface area (Å²) in [6, 6.07) is 21.9. The number of benzene rings is 3. The van der Waals surface area contributed by atoms with Crippen LogP contribution in [0.2, 0.25) is 0 Å². The number of allylic oxidation sites excluding steroid dienone is 7. The highest BCUT2D eigenvalue weighted by Crippen LogP contribution is 2.39. The fourth-order valence-corrected chi connectivity index (χ4v) is 7.55. The van der Waals surface area contributed by atoms with E-state index in [4.69, 9.17) is 0 Å². The zero-order chi connectivity index (χ0) is 35.9. The largest absolute Gasteiger partial charge is 0.871 e. The van der Waals surface area contributed by atoms with Crippen LogP contribution >= 0.6 is 0 Å². The molecule has 0 heterocycles. The highest BCUT2D eigenvalue weighted by Gasteiger charge is 2.32. The van der Waals surface area contributed by atoms with Gasteiger partial charge < -0.3 is 10.0 Å². The minimum Gasteiger partial charge on any atom is -0.871 e. The van der Waals surface area contributed by atoms with E-state index in [2.05, 4.69) is 126 Å². The molecular formula is C46H56N2O2. The highest BCUT2D eigenvalue weighted by molar-refractivity contribution is 6.39. The van der Waals surface area contributed by atoms with Gasteiger partial charge in [0, 0.05) is 58.8 Å². The fraction of sp³-hybridized carbons (Fsp3) is 0.391. The molecule has 0 saturated heterocycles. The number of carbonyl (C=O) groups is 1. The van der Waals surface area contributed by atoms with Crippen LogP contribution in [0.5, 0.6) is 0 Å². The summed E-state index contributed by atoms with van der Waals surface area (Å²) in [5, 5.41) is 13.6. The van der Waals surface area contributed by atoms with Crippen LogP contribution in [-0.2, 0) is 4.79 Å². The number of rotatable bonds is 14. The number of aryl methyl sites for hydroxylation is 4. The number of ketones is 1. The summed E-state index contributed by atoms with van der Waals surface area (Å²) in [4.78, 5) is 16.0. The number of unbranched alkanes of at least 4 members (excludes halogenated alkanes) is 4. The van der Waals surface area contributed by atoms with Crippen LogP contribution in [0.3, 0.4) is 0 Å². The van der Waals surface area contributed by atoms with Crippen LogP contribution in [0.15, 0.2) is 102 Å². The van der Waals surface area contributed by atoms with Crippen molar-refractivity contribution in [3.8, 4) is 0 Å². The zero-order valence-corrected chi connectivity index (χ0v) is 31.6. The number of carbonyl (C=O) groups excluding carboxylic acids is 1. The molecule has 0 spiro atoms. The van der Waals surface area contributed by atoms with Crippen LogP contribution in [0, 0.1) is 27.7 Å². The Kier molecular flexibility index (Phi) is 12.2. The summed E-state index contributed by atoms with van der Waals surface area (Å²) in [7, 11) is 0. The number of nitrogens with zero attached hydrogens (tertiary/aromatic N) is 2. The van der Waals surface area contributed by atoms with Crippen LogP contribution in [0.1, 0.15) is 107 Å². The van der Waals surface area contributed by atoms with Gasteiger partial charge >= 0.3 is 0 Å². The Bertz CT molecular complexity index is 1850. The van der Waals surface area contributed by atoms with Gasteiger partial charge in [0.2, 0.25) is 11.4 Å². The smallest absolute Gasteiger partial charge is 0.208 e. The Morgan fingerprint density at radius 2 is 1.30 bits per heavy atom. The Morgan fingerprint density at radius 1 is 0.700 bits per heavy atom. The molecule has 2 aliphatic carbocycles. The zero-order valence-electron chi connectivity index (χ0n) is 31.6. The minimum atomic E-state index is -0.172. The van der Waals surface area contributed by atoms with Gasteiger partial charge in [-0.3, -0.25) is 4.79 Å². The normalized spacial score (nSPS) is 15.4. The van der Waals surface area contributed by atoms with Gasteiger partial charge in [0.05, 0.1) is 0 Å². The number of hydrogen-bond acceptors (Lipinski definition) is 3. The third kappa shape index (κ3) is 7.96. The van der Waals surface area contributed by atoms with Gasteiger partial charge in [-0.25, -0.2) is 0 Å². The molecule has 0 radical (unpaired) electrons.